The maximum Gasteiger partial charge on any atom is 0.224 e. The number of carbonyl (C=O) groups is 1. The minimum Gasteiger partial charge on any atom is -0.494 e. The summed E-state index contributed by atoms with van der Waals surface area (Å²) in [6.45, 7) is 5.18. The first-order valence-corrected chi connectivity index (χ1v) is 11.6. The van der Waals surface area contributed by atoms with E-state index in [0.717, 1.165) is 35.7 Å². The Balaban J connectivity index is 1.77. The van der Waals surface area contributed by atoms with Crippen LogP contribution in [0.2, 0.25) is 0 Å². The monoisotopic (exact) mass is 398 g/mol. The van der Waals surface area contributed by atoms with Crippen LogP contribution in [0.25, 0.3) is 0 Å². The zero-order valence-corrected chi connectivity index (χ0v) is 18.2. The number of benzene rings is 2. The van der Waals surface area contributed by atoms with E-state index in [1.54, 1.807) is 0 Å². The third-order valence-corrected chi connectivity index (χ3v) is 5.74. The molecule has 28 heavy (non-hydrogen) atoms. The van der Waals surface area contributed by atoms with E-state index in [4.69, 9.17) is 4.74 Å². The number of thioether (sulfide) groups is 1. The number of hydrogen-bond acceptors (Lipinski definition) is 3. The van der Waals surface area contributed by atoms with Crippen LogP contribution in [-0.4, -0.2) is 11.7 Å². The van der Waals surface area contributed by atoms with Crippen molar-refractivity contribution in [1.82, 2.24) is 0 Å². The maximum absolute atomic E-state index is 12.5. The highest BCUT2D eigenvalue weighted by Crippen LogP contribution is 2.25. The van der Waals surface area contributed by atoms with Gasteiger partial charge in [0.05, 0.1) is 6.61 Å². The van der Waals surface area contributed by atoms with Gasteiger partial charge in [0.15, 0.2) is 0 Å². The molecule has 0 aliphatic heterocycles. The average molecular weight is 399 g/mol. The van der Waals surface area contributed by atoms with Crippen LogP contribution in [0.15, 0.2) is 53.4 Å². The van der Waals surface area contributed by atoms with E-state index in [9.17, 15) is 4.79 Å². The Morgan fingerprint density at radius 3 is 2.11 bits per heavy atom. The third kappa shape index (κ3) is 8.52. The molecule has 0 saturated heterocycles. The predicted octanol–water partition coefficient (Wildman–Crippen LogP) is 7.70. The molecule has 2 nitrogen and oxygen atoms in total. The number of aryl methyl sites for hydroxylation is 1. The Hall–Kier alpha value is -1.74. The van der Waals surface area contributed by atoms with Crippen molar-refractivity contribution in [3.8, 4) is 5.75 Å². The van der Waals surface area contributed by atoms with Gasteiger partial charge < -0.3 is 4.74 Å². The summed E-state index contributed by atoms with van der Waals surface area (Å²) in [5.41, 5.74) is 2.09. The highest BCUT2D eigenvalue weighted by Gasteiger charge is 2.08. The molecule has 0 aliphatic carbocycles. The van der Waals surface area contributed by atoms with E-state index in [1.165, 1.54) is 62.3 Å². The summed E-state index contributed by atoms with van der Waals surface area (Å²) in [6, 6.07) is 15.9. The van der Waals surface area contributed by atoms with Gasteiger partial charge in [-0.2, -0.15) is 0 Å². The van der Waals surface area contributed by atoms with Crippen molar-refractivity contribution in [2.75, 3.05) is 6.61 Å². The largest absolute Gasteiger partial charge is 0.494 e. The van der Waals surface area contributed by atoms with Gasteiger partial charge in [0.25, 0.3) is 0 Å². The molecule has 0 heterocycles. The molecule has 0 spiro atoms. The van der Waals surface area contributed by atoms with E-state index < -0.39 is 0 Å². The lowest BCUT2D eigenvalue weighted by molar-refractivity contribution is 0.108. The normalized spacial score (nSPS) is 10.8. The van der Waals surface area contributed by atoms with Gasteiger partial charge in [-0.15, -0.1) is 0 Å². The Morgan fingerprint density at radius 1 is 0.786 bits per heavy atom. The van der Waals surface area contributed by atoms with Crippen LogP contribution in [0.5, 0.6) is 5.75 Å². The van der Waals surface area contributed by atoms with Crippen molar-refractivity contribution in [3.63, 3.8) is 0 Å². The summed E-state index contributed by atoms with van der Waals surface area (Å²) >= 11 is 1.28. The lowest BCUT2D eigenvalue weighted by Crippen LogP contribution is -1.97. The zero-order chi connectivity index (χ0) is 20.0. The first kappa shape index (κ1) is 22.5. The molecule has 0 N–H and O–H groups in total. The van der Waals surface area contributed by atoms with Crippen LogP contribution in [0, 0.1) is 0 Å². The SMILES string of the molecule is CCCCCCCc1ccc(C(=O)Sc2ccc(OCCCCC)cc2)cc1. The summed E-state index contributed by atoms with van der Waals surface area (Å²) in [4.78, 5) is 13.5. The highest BCUT2D eigenvalue weighted by molar-refractivity contribution is 8.14. The minimum absolute atomic E-state index is 0.0890. The predicted molar refractivity (Wildman–Crippen MR) is 121 cm³/mol. The molecule has 152 valence electrons. The van der Waals surface area contributed by atoms with Gasteiger partial charge in [-0.05, 0) is 60.9 Å². The number of carbonyl (C=O) groups excluding carboxylic acids is 1. The molecule has 0 aliphatic rings. The van der Waals surface area contributed by atoms with Crippen LogP contribution < -0.4 is 4.74 Å². The lowest BCUT2D eigenvalue weighted by atomic mass is 10.0. The molecule has 2 aromatic carbocycles. The fourth-order valence-corrected chi connectivity index (χ4v) is 3.79. The molecule has 0 radical (unpaired) electrons. The van der Waals surface area contributed by atoms with Gasteiger partial charge in [-0.25, -0.2) is 0 Å². The number of unbranched alkanes of at least 4 members (excludes halogenated alkanes) is 6. The molecule has 0 atom stereocenters. The highest BCUT2D eigenvalue weighted by atomic mass is 32.2. The van der Waals surface area contributed by atoms with Crippen LogP contribution in [-0.2, 0) is 6.42 Å². The lowest BCUT2D eigenvalue weighted by Gasteiger charge is -2.07. The minimum atomic E-state index is 0.0890. The van der Waals surface area contributed by atoms with E-state index >= 15 is 0 Å². The smallest absolute Gasteiger partial charge is 0.224 e. The van der Waals surface area contributed by atoms with Crippen LogP contribution in [0.4, 0.5) is 0 Å². The summed E-state index contributed by atoms with van der Waals surface area (Å²) in [6.07, 6.45) is 11.0. The molecule has 3 heteroatoms. The summed E-state index contributed by atoms with van der Waals surface area (Å²) in [7, 11) is 0. The van der Waals surface area contributed by atoms with Gasteiger partial charge in [-0.1, -0.05) is 76.6 Å². The third-order valence-electron chi connectivity index (χ3n) is 4.81. The van der Waals surface area contributed by atoms with Gasteiger partial charge in [0.1, 0.15) is 5.75 Å². The van der Waals surface area contributed by atoms with Gasteiger partial charge >= 0.3 is 0 Å². The van der Waals surface area contributed by atoms with Crippen molar-refractivity contribution < 1.29 is 9.53 Å². The Morgan fingerprint density at radius 2 is 1.43 bits per heavy atom. The Bertz CT molecular complexity index is 677. The molecule has 0 unspecified atom stereocenters. The number of rotatable bonds is 13. The van der Waals surface area contributed by atoms with Crippen molar-refractivity contribution in [2.45, 2.75) is 76.5 Å². The average Bonchev–Trinajstić information content (AvgIpc) is 2.72. The zero-order valence-electron chi connectivity index (χ0n) is 17.4. The molecule has 0 bridgehead atoms. The van der Waals surface area contributed by atoms with Gasteiger partial charge in [-0.3, -0.25) is 4.79 Å². The van der Waals surface area contributed by atoms with E-state index in [2.05, 4.69) is 26.0 Å². The second kappa shape index (κ2) is 13.4. The Labute approximate surface area is 175 Å². The molecule has 0 saturated carbocycles. The summed E-state index contributed by atoms with van der Waals surface area (Å²) < 4.78 is 5.73. The number of hydrogen-bond donors (Lipinski definition) is 0. The van der Waals surface area contributed by atoms with E-state index in [0.29, 0.717) is 0 Å². The summed E-state index contributed by atoms with van der Waals surface area (Å²) in [5, 5.41) is 0.0890. The van der Waals surface area contributed by atoms with Gasteiger partial charge in [0.2, 0.25) is 5.12 Å². The quantitative estimate of drug-likeness (QED) is 0.255. The van der Waals surface area contributed by atoms with Crippen molar-refractivity contribution >= 4 is 16.9 Å². The van der Waals surface area contributed by atoms with Crippen LogP contribution >= 0.6 is 11.8 Å². The Kier molecular flexibility index (Phi) is 10.8. The summed E-state index contributed by atoms with van der Waals surface area (Å²) in [5.74, 6) is 0.871. The molecule has 0 amide bonds. The van der Waals surface area contributed by atoms with Crippen molar-refractivity contribution in [3.05, 3.63) is 59.7 Å². The first-order valence-electron chi connectivity index (χ1n) is 10.8. The fourth-order valence-electron chi connectivity index (χ4n) is 3.05. The molecule has 2 rings (SSSR count). The van der Waals surface area contributed by atoms with Crippen molar-refractivity contribution in [1.29, 1.82) is 0 Å². The number of ether oxygens (including phenoxy) is 1. The van der Waals surface area contributed by atoms with Gasteiger partial charge in [0, 0.05) is 10.5 Å². The molecular weight excluding hydrogens is 364 g/mol. The molecule has 0 aromatic heterocycles. The second-order valence-electron chi connectivity index (χ2n) is 7.28. The van der Waals surface area contributed by atoms with Crippen LogP contribution in [0.1, 0.15) is 81.1 Å². The molecule has 2 aromatic rings. The standard InChI is InChI=1S/C25H34O2S/c1-3-5-7-8-9-11-21-12-14-22(15-13-21)25(26)28-24-18-16-23(17-19-24)27-20-10-6-4-2/h12-19H,3-11,20H2,1-2H3. The second-order valence-corrected chi connectivity index (χ2v) is 8.32. The fraction of sp³-hybridized carbons (Fsp3) is 0.480. The van der Waals surface area contributed by atoms with Crippen LogP contribution in [0.3, 0.4) is 0 Å². The first-order chi connectivity index (χ1) is 13.7. The van der Waals surface area contributed by atoms with E-state index in [-0.39, 0.29) is 5.12 Å². The van der Waals surface area contributed by atoms with E-state index in [1.807, 2.05) is 36.4 Å². The molecular formula is C25H34O2S. The topological polar surface area (TPSA) is 26.3 Å². The molecule has 0 fully saturated rings. The maximum atomic E-state index is 12.5. The van der Waals surface area contributed by atoms with Crippen molar-refractivity contribution in [2.24, 2.45) is 0 Å².